The molecule has 2 nitrogen and oxygen atoms in total. The third kappa shape index (κ3) is 2.21. The summed E-state index contributed by atoms with van der Waals surface area (Å²) in [5, 5.41) is 8.99. The lowest BCUT2D eigenvalue weighted by Gasteiger charge is -2.57. The number of nitrogens with zero attached hydrogens (tertiary/aromatic N) is 1. The minimum Gasteiger partial charge on any atom is -0.372 e. The predicted molar refractivity (Wildman–Crippen MR) is 73.3 cm³/mol. The van der Waals surface area contributed by atoms with Crippen LogP contribution in [0.4, 0.5) is 0 Å². The fraction of sp³-hybridized carbons (Fsp3) is 0.941. The largest absolute Gasteiger partial charge is 0.372 e. The van der Waals surface area contributed by atoms with Crippen LogP contribution in [0.5, 0.6) is 0 Å². The summed E-state index contributed by atoms with van der Waals surface area (Å²) in [6.45, 7) is 0. The fourth-order valence-corrected chi connectivity index (χ4v) is 5.84. The van der Waals surface area contributed by atoms with Crippen molar-refractivity contribution < 1.29 is 4.74 Å². The first-order chi connectivity index (χ1) is 9.25. The Morgan fingerprint density at radius 3 is 1.84 bits per heavy atom. The highest BCUT2D eigenvalue weighted by Crippen LogP contribution is 2.57. The van der Waals surface area contributed by atoms with Crippen molar-refractivity contribution in [2.24, 2.45) is 23.7 Å². The van der Waals surface area contributed by atoms with E-state index in [0.717, 1.165) is 43.4 Å². The lowest BCUT2D eigenvalue weighted by molar-refractivity contribution is -0.193. The van der Waals surface area contributed by atoms with Crippen molar-refractivity contribution in [2.75, 3.05) is 0 Å². The van der Waals surface area contributed by atoms with Crippen molar-refractivity contribution >= 4 is 0 Å². The third-order valence-electron chi connectivity index (χ3n) is 6.26. The molecule has 0 N–H and O–H groups in total. The van der Waals surface area contributed by atoms with Crippen LogP contribution in [0.1, 0.15) is 64.2 Å². The first-order valence-corrected chi connectivity index (χ1v) is 8.32. The molecular formula is C17H25NO. The van der Waals surface area contributed by atoms with Gasteiger partial charge in [-0.15, -0.1) is 0 Å². The van der Waals surface area contributed by atoms with Crippen LogP contribution in [-0.4, -0.2) is 11.7 Å². The average Bonchev–Trinajstić information content (AvgIpc) is 2.37. The zero-order valence-electron chi connectivity index (χ0n) is 11.8. The van der Waals surface area contributed by atoms with Crippen LogP contribution in [0.3, 0.4) is 0 Å². The molecule has 5 saturated carbocycles. The van der Waals surface area contributed by atoms with Crippen molar-refractivity contribution in [1.29, 1.82) is 5.26 Å². The lowest BCUT2D eigenvalue weighted by atomic mass is 9.54. The van der Waals surface area contributed by atoms with E-state index in [1.54, 1.807) is 0 Å². The predicted octanol–water partition coefficient (Wildman–Crippen LogP) is 4.05. The Hall–Kier alpha value is -0.550. The molecule has 0 heterocycles. The molecule has 5 fully saturated rings. The molecule has 0 aromatic carbocycles. The van der Waals surface area contributed by atoms with Crippen molar-refractivity contribution in [3.63, 3.8) is 0 Å². The van der Waals surface area contributed by atoms with Gasteiger partial charge in [0.05, 0.1) is 17.8 Å². The van der Waals surface area contributed by atoms with E-state index in [0.29, 0.717) is 12.0 Å². The first-order valence-electron chi connectivity index (χ1n) is 8.32. The number of hydrogen-bond donors (Lipinski definition) is 0. The van der Waals surface area contributed by atoms with Gasteiger partial charge in [0.2, 0.25) is 0 Å². The molecule has 19 heavy (non-hydrogen) atoms. The zero-order valence-corrected chi connectivity index (χ0v) is 11.8. The molecule has 0 radical (unpaired) electrons. The molecule has 5 rings (SSSR count). The molecule has 5 aliphatic carbocycles. The van der Waals surface area contributed by atoms with Gasteiger partial charge in [0.15, 0.2) is 0 Å². The van der Waals surface area contributed by atoms with Crippen LogP contribution in [0.25, 0.3) is 0 Å². The van der Waals surface area contributed by atoms with Crippen LogP contribution in [0.2, 0.25) is 0 Å². The summed E-state index contributed by atoms with van der Waals surface area (Å²) in [6.07, 6.45) is 13.3. The summed E-state index contributed by atoms with van der Waals surface area (Å²) < 4.78 is 6.67. The molecule has 4 bridgehead atoms. The molecule has 0 spiro atoms. The maximum absolute atomic E-state index is 8.99. The van der Waals surface area contributed by atoms with Crippen molar-refractivity contribution in [1.82, 2.24) is 0 Å². The van der Waals surface area contributed by atoms with Crippen molar-refractivity contribution in [3.8, 4) is 6.07 Å². The van der Waals surface area contributed by atoms with Gasteiger partial charge in [-0.25, -0.2) is 0 Å². The Labute approximate surface area is 116 Å². The van der Waals surface area contributed by atoms with E-state index >= 15 is 0 Å². The number of hydrogen-bond acceptors (Lipinski definition) is 2. The van der Waals surface area contributed by atoms with Crippen LogP contribution in [-0.2, 0) is 4.74 Å². The molecule has 0 atom stereocenters. The first kappa shape index (κ1) is 12.2. The summed E-state index contributed by atoms with van der Waals surface area (Å²) in [4.78, 5) is 0. The molecule has 0 saturated heterocycles. The van der Waals surface area contributed by atoms with Crippen LogP contribution >= 0.6 is 0 Å². The topological polar surface area (TPSA) is 33.0 Å². The fourth-order valence-electron chi connectivity index (χ4n) is 5.84. The summed E-state index contributed by atoms with van der Waals surface area (Å²) in [6, 6.07) is 2.43. The van der Waals surface area contributed by atoms with E-state index in [2.05, 4.69) is 6.07 Å². The lowest BCUT2D eigenvalue weighted by Crippen LogP contribution is -2.53. The highest BCUT2D eigenvalue weighted by molar-refractivity contribution is 5.03. The second kappa shape index (κ2) is 4.48. The Morgan fingerprint density at radius 1 is 0.842 bits per heavy atom. The van der Waals surface area contributed by atoms with Crippen molar-refractivity contribution in [3.05, 3.63) is 0 Å². The summed E-state index contributed by atoms with van der Waals surface area (Å²) in [5.41, 5.74) is 0.263. The molecule has 0 unspecified atom stereocenters. The normalized spacial score (nSPS) is 52.1. The van der Waals surface area contributed by atoms with Crippen molar-refractivity contribution in [2.45, 2.75) is 75.9 Å². The summed E-state index contributed by atoms with van der Waals surface area (Å²) >= 11 is 0. The van der Waals surface area contributed by atoms with Gasteiger partial charge in [-0.05, 0) is 82.0 Å². The molecule has 0 amide bonds. The van der Waals surface area contributed by atoms with Gasteiger partial charge < -0.3 is 4.74 Å². The third-order valence-corrected chi connectivity index (χ3v) is 6.26. The molecule has 104 valence electrons. The maximum atomic E-state index is 8.99. The number of nitriles is 1. The highest BCUT2D eigenvalue weighted by Gasteiger charge is 2.52. The Balaban J connectivity index is 1.41. The summed E-state index contributed by atoms with van der Waals surface area (Å²) in [7, 11) is 0. The number of rotatable bonds is 2. The molecule has 0 aromatic heterocycles. The second-order valence-corrected chi connectivity index (χ2v) is 7.82. The monoisotopic (exact) mass is 259 g/mol. The molecule has 2 heteroatoms. The standard InChI is InChI=1S/C17H25NO/c18-11-12-1-3-16(4-2-12)19-17-8-13-5-14(9-17)7-15(6-13)10-17/h12-16H,1-10H2. The number of ether oxygens (including phenoxy) is 1. The molecule has 0 aromatic rings. The second-order valence-electron chi connectivity index (χ2n) is 7.82. The van der Waals surface area contributed by atoms with Gasteiger partial charge in [-0.1, -0.05) is 0 Å². The minimum atomic E-state index is 0.263. The summed E-state index contributed by atoms with van der Waals surface area (Å²) in [5.74, 6) is 3.22. The highest BCUT2D eigenvalue weighted by atomic mass is 16.5. The van der Waals surface area contributed by atoms with Crippen LogP contribution in [0, 0.1) is 35.0 Å². The molecule has 0 aliphatic heterocycles. The quantitative estimate of drug-likeness (QED) is 0.749. The minimum absolute atomic E-state index is 0.263. The van der Waals surface area contributed by atoms with E-state index in [1.165, 1.54) is 38.5 Å². The molecule has 5 aliphatic rings. The van der Waals surface area contributed by atoms with Gasteiger partial charge in [-0.3, -0.25) is 0 Å². The van der Waals surface area contributed by atoms with E-state index in [4.69, 9.17) is 10.00 Å². The molecular weight excluding hydrogens is 234 g/mol. The zero-order chi connectivity index (χ0) is 12.9. The Bertz CT molecular complexity index is 353. The smallest absolute Gasteiger partial charge is 0.0694 e. The van der Waals surface area contributed by atoms with E-state index < -0.39 is 0 Å². The Morgan fingerprint density at radius 2 is 1.37 bits per heavy atom. The van der Waals surface area contributed by atoms with Crippen LogP contribution in [0.15, 0.2) is 0 Å². The van der Waals surface area contributed by atoms with Gasteiger partial charge in [0.25, 0.3) is 0 Å². The SMILES string of the molecule is N#CC1CCC(OC23CC4CC(CC(C4)C2)C3)CC1. The van der Waals surface area contributed by atoms with Gasteiger partial charge in [0.1, 0.15) is 0 Å². The maximum Gasteiger partial charge on any atom is 0.0694 e. The van der Waals surface area contributed by atoms with Gasteiger partial charge in [0, 0.05) is 5.92 Å². The van der Waals surface area contributed by atoms with E-state index in [9.17, 15) is 0 Å². The average molecular weight is 259 g/mol. The van der Waals surface area contributed by atoms with Crippen LogP contribution < -0.4 is 0 Å². The van der Waals surface area contributed by atoms with Gasteiger partial charge >= 0.3 is 0 Å². The van der Waals surface area contributed by atoms with Gasteiger partial charge in [-0.2, -0.15) is 5.26 Å². The van der Waals surface area contributed by atoms with E-state index in [1.807, 2.05) is 0 Å². The Kier molecular flexibility index (Phi) is 2.88. The van der Waals surface area contributed by atoms with E-state index in [-0.39, 0.29) is 5.60 Å².